The number of hydrogen-bond acceptors (Lipinski definition) is 6. The van der Waals surface area contributed by atoms with E-state index in [4.69, 9.17) is 4.74 Å². The Morgan fingerprint density at radius 3 is 2.50 bits per heavy atom. The van der Waals surface area contributed by atoms with Crippen LogP contribution in [0.25, 0.3) is 0 Å². The van der Waals surface area contributed by atoms with Crippen molar-refractivity contribution in [2.45, 2.75) is 39.3 Å². The zero-order valence-corrected chi connectivity index (χ0v) is 18.3. The number of amides is 2. The van der Waals surface area contributed by atoms with Crippen LogP contribution in [0.3, 0.4) is 0 Å². The zero-order chi connectivity index (χ0) is 21.7. The summed E-state index contributed by atoms with van der Waals surface area (Å²) in [5.74, 6) is -1.06. The zero-order valence-electron chi connectivity index (χ0n) is 17.5. The van der Waals surface area contributed by atoms with Gasteiger partial charge in [-0.25, -0.2) is 4.79 Å². The molecule has 30 heavy (non-hydrogen) atoms. The van der Waals surface area contributed by atoms with Crippen molar-refractivity contribution in [3.8, 4) is 0 Å². The van der Waals surface area contributed by atoms with Crippen LogP contribution in [0, 0.1) is 6.92 Å². The Morgan fingerprint density at radius 2 is 1.90 bits per heavy atom. The third kappa shape index (κ3) is 5.25. The predicted molar refractivity (Wildman–Crippen MR) is 117 cm³/mol. The predicted octanol–water partition coefficient (Wildman–Crippen LogP) is 3.20. The molecule has 0 radical (unpaired) electrons. The minimum Gasteiger partial charge on any atom is -0.462 e. The molecule has 1 aliphatic rings. The lowest BCUT2D eigenvalue weighted by Gasteiger charge is -2.21. The van der Waals surface area contributed by atoms with E-state index in [1.165, 1.54) is 7.05 Å². The van der Waals surface area contributed by atoms with Gasteiger partial charge in [-0.3, -0.25) is 14.5 Å². The highest BCUT2D eigenvalue weighted by atomic mass is 32.1. The number of hydrogen-bond donors (Lipinski definition) is 2. The molecule has 0 bridgehead atoms. The molecule has 1 aromatic carbocycles. The van der Waals surface area contributed by atoms with E-state index in [2.05, 4.69) is 15.5 Å². The molecule has 1 aliphatic carbocycles. The van der Waals surface area contributed by atoms with E-state index < -0.39 is 5.97 Å². The van der Waals surface area contributed by atoms with Gasteiger partial charge in [0.25, 0.3) is 5.91 Å². The van der Waals surface area contributed by atoms with Gasteiger partial charge < -0.3 is 15.4 Å². The number of anilines is 1. The fourth-order valence-corrected chi connectivity index (χ4v) is 4.46. The molecule has 0 aliphatic heterocycles. The first-order valence-corrected chi connectivity index (χ1v) is 10.9. The van der Waals surface area contributed by atoms with E-state index >= 15 is 0 Å². The van der Waals surface area contributed by atoms with Crippen molar-refractivity contribution in [2.75, 3.05) is 25.5 Å². The fraction of sp³-hybridized carbons (Fsp3) is 0.409. The molecule has 1 fully saturated rings. The quantitative estimate of drug-likeness (QED) is 0.598. The first-order valence-electron chi connectivity index (χ1n) is 10.0. The summed E-state index contributed by atoms with van der Waals surface area (Å²) >= 11 is 1.09. The van der Waals surface area contributed by atoms with Crippen LogP contribution < -0.4 is 10.6 Å². The van der Waals surface area contributed by atoms with Crippen LogP contribution in [0.2, 0.25) is 0 Å². The summed E-state index contributed by atoms with van der Waals surface area (Å²) in [6.45, 7) is 4.53. The molecular formula is C22H27N3O4S. The highest BCUT2D eigenvalue weighted by Gasteiger charge is 2.31. The highest BCUT2D eigenvalue weighted by Crippen LogP contribution is 2.34. The summed E-state index contributed by atoms with van der Waals surface area (Å²) < 4.78 is 5.14. The second-order valence-corrected chi connectivity index (χ2v) is 8.25. The van der Waals surface area contributed by atoms with Gasteiger partial charge in [-0.1, -0.05) is 30.3 Å². The van der Waals surface area contributed by atoms with Crippen LogP contribution in [0.4, 0.5) is 5.00 Å². The van der Waals surface area contributed by atoms with E-state index in [-0.39, 0.29) is 30.5 Å². The summed E-state index contributed by atoms with van der Waals surface area (Å²) in [5.41, 5.74) is 1.91. The molecule has 1 saturated carbocycles. The third-order valence-electron chi connectivity index (χ3n) is 4.95. The lowest BCUT2D eigenvalue weighted by Crippen LogP contribution is -2.34. The summed E-state index contributed by atoms with van der Waals surface area (Å²) in [6, 6.07) is 10.4. The van der Waals surface area contributed by atoms with Crippen LogP contribution in [-0.2, 0) is 16.1 Å². The maximum Gasteiger partial charge on any atom is 0.341 e. The summed E-state index contributed by atoms with van der Waals surface area (Å²) in [6.07, 6.45) is 2.15. The molecule has 0 unspecified atom stereocenters. The Morgan fingerprint density at radius 1 is 1.20 bits per heavy atom. The van der Waals surface area contributed by atoms with Gasteiger partial charge in [0.15, 0.2) is 0 Å². The smallest absolute Gasteiger partial charge is 0.341 e. The molecule has 2 aromatic rings. The van der Waals surface area contributed by atoms with Crippen LogP contribution in [-0.4, -0.2) is 48.9 Å². The molecule has 1 aromatic heterocycles. The van der Waals surface area contributed by atoms with Crippen molar-refractivity contribution in [1.82, 2.24) is 10.2 Å². The van der Waals surface area contributed by atoms with Crippen molar-refractivity contribution in [3.63, 3.8) is 0 Å². The maximum absolute atomic E-state index is 12.8. The maximum atomic E-state index is 12.8. The second-order valence-electron chi connectivity index (χ2n) is 7.23. The van der Waals surface area contributed by atoms with E-state index in [0.29, 0.717) is 28.0 Å². The molecule has 0 atom stereocenters. The second kappa shape index (κ2) is 9.86. The molecule has 8 heteroatoms. The van der Waals surface area contributed by atoms with Crippen LogP contribution in [0.1, 0.15) is 50.9 Å². The molecule has 2 N–H and O–H groups in total. The Bertz CT molecular complexity index is 922. The Kier molecular flexibility index (Phi) is 7.23. The average Bonchev–Trinajstić information content (AvgIpc) is 3.52. The molecule has 0 saturated heterocycles. The number of thiophene rings is 1. The minimum absolute atomic E-state index is 0.212. The van der Waals surface area contributed by atoms with Crippen molar-refractivity contribution < 1.29 is 19.1 Å². The molecule has 0 spiro atoms. The lowest BCUT2D eigenvalue weighted by molar-refractivity contribution is -0.117. The topological polar surface area (TPSA) is 87.7 Å². The number of rotatable bonds is 9. The number of carbonyl (C=O) groups excluding carboxylic acids is 3. The van der Waals surface area contributed by atoms with Crippen molar-refractivity contribution in [1.29, 1.82) is 0 Å². The van der Waals surface area contributed by atoms with Gasteiger partial charge in [-0.05, 0) is 37.8 Å². The van der Waals surface area contributed by atoms with Crippen LogP contribution >= 0.6 is 11.3 Å². The normalized spacial score (nSPS) is 13.2. The van der Waals surface area contributed by atoms with Crippen molar-refractivity contribution >= 4 is 34.1 Å². The molecule has 3 rings (SSSR count). The molecule has 7 nitrogen and oxygen atoms in total. The van der Waals surface area contributed by atoms with E-state index in [1.807, 2.05) is 30.3 Å². The lowest BCUT2D eigenvalue weighted by atomic mass is 10.1. The summed E-state index contributed by atoms with van der Waals surface area (Å²) in [7, 11) is 1.53. The van der Waals surface area contributed by atoms with Gasteiger partial charge in [0.1, 0.15) is 5.00 Å². The van der Waals surface area contributed by atoms with Gasteiger partial charge in [-0.2, -0.15) is 0 Å². The molecule has 1 heterocycles. The summed E-state index contributed by atoms with van der Waals surface area (Å²) in [4.78, 5) is 40.0. The Labute approximate surface area is 180 Å². The van der Waals surface area contributed by atoms with Crippen molar-refractivity contribution in [2.24, 2.45) is 0 Å². The molecule has 2 amide bonds. The van der Waals surface area contributed by atoms with E-state index in [9.17, 15) is 14.4 Å². The number of benzene rings is 1. The number of carbonyl (C=O) groups is 3. The molecular weight excluding hydrogens is 402 g/mol. The van der Waals surface area contributed by atoms with Gasteiger partial charge in [-0.15, -0.1) is 11.3 Å². The summed E-state index contributed by atoms with van der Waals surface area (Å²) in [5, 5.41) is 5.77. The van der Waals surface area contributed by atoms with Gasteiger partial charge in [0, 0.05) is 19.6 Å². The monoisotopic (exact) mass is 429 g/mol. The first-order chi connectivity index (χ1) is 14.4. The highest BCUT2D eigenvalue weighted by molar-refractivity contribution is 7.18. The standard InChI is InChI=1S/C22H27N3O4S/c1-4-29-22(28)18-14(2)19(20(27)23-3)30-21(18)24-17(26)13-25(16-10-11-16)12-15-8-6-5-7-9-15/h5-9,16H,4,10-13H2,1-3H3,(H,23,27)(H,24,26). The van der Waals surface area contributed by atoms with Crippen LogP contribution in [0.15, 0.2) is 30.3 Å². The largest absolute Gasteiger partial charge is 0.462 e. The van der Waals surface area contributed by atoms with Crippen molar-refractivity contribution in [3.05, 3.63) is 51.9 Å². The van der Waals surface area contributed by atoms with E-state index in [1.54, 1.807) is 13.8 Å². The van der Waals surface area contributed by atoms with Gasteiger partial charge in [0.2, 0.25) is 5.91 Å². The first kappa shape index (κ1) is 22.0. The third-order valence-corrected chi connectivity index (χ3v) is 6.16. The minimum atomic E-state index is -0.542. The number of ether oxygens (including phenoxy) is 1. The Hall–Kier alpha value is -2.71. The van der Waals surface area contributed by atoms with E-state index in [0.717, 1.165) is 29.7 Å². The van der Waals surface area contributed by atoms with Gasteiger partial charge in [0.05, 0.1) is 23.6 Å². The van der Waals surface area contributed by atoms with Gasteiger partial charge >= 0.3 is 5.97 Å². The average molecular weight is 430 g/mol. The number of nitrogens with zero attached hydrogens (tertiary/aromatic N) is 1. The fourth-order valence-electron chi connectivity index (χ4n) is 3.30. The SMILES string of the molecule is CCOC(=O)c1c(NC(=O)CN(Cc2ccccc2)C2CC2)sc(C(=O)NC)c1C. The number of esters is 1. The Balaban J connectivity index is 1.77. The molecule has 160 valence electrons. The number of nitrogens with one attached hydrogen (secondary N) is 2. The van der Waals surface area contributed by atoms with Crippen LogP contribution in [0.5, 0.6) is 0 Å².